The largest absolute Gasteiger partial charge is 0.326 e. The molecule has 0 bridgehead atoms. The molecular formula is C12H13NS2. The molecule has 0 spiro atoms. The lowest BCUT2D eigenvalue weighted by molar-refractivity contribution is 1.02. The lowest BCUT2D eigenvalue weighted by Gasteiger charge is -2.06. The van der Waals surface area contributed by atoms with E-state index >= 15 is 0 Å². The fourth-order valence-corrected chi connectivity index (χ4v) is 3.25. The van der Waals surface area contributed by atoms with Crippen LogP contribution in [0.5, 0.6) is 0 Å². The van der Waals surface area contributed by atoms with Crippen molar-refractivity contribution in [3.05, 3.63) is 46.8 Å². The van der Waals surface area contributed by atoms with Crippen LogP contribution in [-0.2, 0) is 6.54 Å². The molecule has 78 valence electrons. The molecule has 0 saturated carbocycles. The summed E-state index contributed by atoms with van der Waals surface area (Å²) in [6.45, 7) is 2.70. The van der Waals surface area contributed by atoms with Crippen molar-refractivity contribution < 1.29 is 0 Å². The lowest BCUT2D eigenvalue weighted by atomic mass is 10.1. The molecule has 1 aromatic carbocycles. The van der Waals surface area contributed by atoms with Crippen molar-refractivity contribution in [2.75, 3.05) is 0 Å². The molecular weight excluding hydrogens is 222 g/mol. The van der Waals surface area contributed by atoms with Gasteiger partial charge in [-0.05, 0) is 30.0 Å². The summed E-state index contributed by atoms with van der Waals surface area (Å²) in [5, 5.41) is 2.10. The van der Waals surface area contributed by atoms with Gasteiger partial charge in [-0.25, -0.2) is 0 Å². The van der Waals surface area contributed by atoms with Crippen LogP contribution in [0.3, 0.4) is 0 Å². The van der Waals surface area contributed by atoms with Crippen molar-refractivity contribution in [3.8, 4) is 0 Å². The Labute approximate surface area is 98.3 Å². The van der Waals surface area contributed by atoms with Gasteiger partial charge in [-0.3, -0.25) is 0 Å². The van der Waals surface area contributed by atoms with E-state index in [1.807, 2.05) is 0 Å². The van der Waals surface area contributed by atoms with E-state index in [-0.39, 0.29) is 0 Å². The first kappa shape index (κ1) is 10.7. The fourth-order valence-electron chi connectivity index (χ4n) is 1.40. The van der Waals surface area contributed by atoms with E-state index in [2.05, 4.69) is 42.6 Å². The predicted octanol–water partition coefficient (Wildman–Crippen LogP) is 3.67. The van der Waals surface area contributed by atoms with E-state index in [1.165, 1.54) is 20.2 Å². The highest BCUT2D eigenvalue weighted by molar-refractivity contribution is 8.01. The second kappa shape index (κ2) is 4.84. The SMILES string of the molecule is Cc1ccc(Sc2cccs2)c(CN)c1. The summed E-state index contributed by atoms with van der Waals surface area (Å²) in [6, 6.07) is 10.7. The molecule has 0 aliphatic heterocycles. The summed E-state index contributed by atoms with van der Waals surface area (Å²) < 4.78 is 1.31. The number of benzene rings is 1. The maximum Gasteiger partial charge on any atom is 0.0646 e. The van der Waals surface area contributed by atoms with E-state index in [0.717, 1.165) is 0 Å². The van der Waals surface area contributed by atoms with Gasteiger partial charge in [0, 0.05) is 11.4 Å². The molecule has 0 fully saturated rings. The van der Waals surface area contributed by atoms with Crippen LogP contribution in [0.25, 0.3) is 0 Å². The van der Waals surface area contributed by atoms with Crippen LogP contribution in [0, 0.1) is 6.92 Å². The monoisotopic (exact) mass is 235 g/mol. The Hall–Kier alpha value is -0.770. The van der Waals surface area contributed by atoms with Gasteiger partial charge in [0.25, 0.3) is 0 Å². The molecule has 0 aliphatic carbocycles. The van der Waals surface area contributed by atoms with Gasteiger partial charge in [-0.15, -0.1) is 11.3 Å². The molecule has 0 amide bonds. The normalized spacial score (nSPS) is 10.5. The molecule has 0 radical (unpaired) electrons. The third-order valence-corrected chi connectivity index (χ3v) is 4.30. The summed E-state index contributed by atoms with van der Waals surface area (Å²) in [7, 11) is 0. The fraction of sp³-hybridized carbons (Fsp3) is 0.167. The lowest BCUT2D eigenvalue weighted by Crippen LogP contribution is -1.98. The first-order chi connectivity index (χ1) is 7.29. The Bertz CT molecular complexity index is 435. The highest BCUT2D eigenvalue weighted by Gasteiger charge is 2.03. The van der Waals surface area contributed by atoms with Gasteiger partial charge in [-0.2, -0.15) is 0 Å². The molecule has 0 aliphatic rings. The average Bonchev–Trinajstić information content (AvgIpc) is 2.73. The molecule has 0 saturated heterocycles. The van der Waals surface area contributed by atoms with E-state index in [4.69, 9.17) is 5.73 Å². The summed E-state index contributed by atoms with van der Waals surface area (Å²) >= 11 is 3.56. The predicted molar refractivity (Wildman–Crippen MR) is 67.5 cm³/mol. The third kappa shape index (κ3) is 2.62. The van der Waals surface area contributed by atoms with Crippen LogP contribution in [-0.4, -0.2) is 0 Å². The van der Waals surface area contributed by atoms with Crippen LogP contribution >= 0.6 is 23.1 Å². The maximum absolute atomic E-state index is 5.74. The van der Waals surface area contributed by atoms with Crippen molar-refractivity contribution in [3.63, 3.8) is 0 Å². The van der Waals surface area contributed by atoms with Gasteiger partial charge >= 0.3 is 0 Å². The van der Waals surface area contributed by atoms with E-state index in [0.29, 0.717) is 6.54 Å². The zero-order valence-corrected chi connectivity index (χ0v) is 10.2. The highest BCUT2D eigenvalue weighted by atomic mass is 32.2. The zero-order valence-electron chi connectivity index (χ0n) is 8.57. The van der Waals surface area contributed by atoms with Crippen LogP contribution in [0.15, 0.2) is 44.8 Å². The molecule has 2 aromatic rings. The average molecular weight is 235 g/mol. The standard InChI is InChI=1S/C12H13NS2/c1-9-4-5-11(10(7-9)8-13)15-12-3-2-6-14-12/h2-7H,8,13H2,1H3. The van der Waals surface area contributed by atoms with E-state index < -0.39 is 0 Å². The minimum atomic E-state index is 0.607. The number of rotatable bonds is 3. The van der Waals surface area contributed by atoms with Gasteiger partial charge in [0.2, 0.25) is 0 Å². The highest BCUT2D eigenvalue weighted by Crippen LogP contribution is 2.33. The minimum absolute atomic E-state index is 0.607. The smallest absolute Gasteiger partial charge is 0.0646 e. The molecule has 15 heavy (non-hydrogen) atoms. The van der Waals surface area contributed by atoms with Crippen molar-refractivity contribution >= 4 is 23.1 Å². The Kier molecular flexibility index (Phi) is 3.46. The number of hydrogen-bond acceptors (Lipinski definition) is 3. The summed E-state index contributed by atoms with van der Waals surface area (Å²) in [5.74, 6) is 0. The second-order valence-electron chi connectivity index (χ2n) is 3.35. The summed E-state index contributed by atoms with van der Waals surface area (Å²) in [6.07, 6.45) is 0. The number of thiophene rings is 1. The van der Waals surface area contributed by atoms with E-state index in [9.17, 15) is 0 Å². The van der Waals surface area contributed by atoms with Crippen molar-refractivity contribution in [2.24, 2.45) is 5.73 Å². The van der Waals surface area contributed by atoms with Gasteiger partial charge in [0.1, 0.15) is 0 Å². The van der Waals surface area contributed by atoms with Gasteiger partial charge in [0.05, 0.1) is 4.21 Å². The number of nitrogens with two attached hydrogens (primary N) is 1. The minimum Gasteiger partial charge on any atom is -0.326 e. The molecule has 0 atom stereocenters. The van der Waals surface area contributed by atoms with Gasteiger partial charge in [0.15, 0.2) is 0 Å². The Morgan fingerprint density at radius 1 is 1.33 bits per heavy atom. The van der Waals surface area contributed by atoms with Crippen LogP contribution in [0.4, 0.5) is 0 Å². The molecule has 1 heterocycles. The quantitative estimate of drug-likeness (QED) is 0.878. The molecule has 0 unspecified atom stereocenters. The summed E-state index contributed by atoms with van der Waals surface area (Å²) in [5.41, 5.74) is 8.24. The number of aryl methyl sites for hydroxylation is 1. The van der Waals surface area contributed by atoms with Crippen LogP contribution in [0.2, 0.25) is 0 Å². The number of hydrogen-bond donors (Lipinski definition) is 1. The van der Waals surface area contributed by atoms with E-state index in [1.54, 1.807) is 23.1 Å². The van der Waals surface area contributed by atoms with Crippen molar-refractivity contribution in [1.29, 1.82) is 0 Å². The second-order valence-corrected chi connectivity index (χ2v) is 5.64. The topological polar surface area (TPSA) is 26.0 Å². The van der Waals surface area contributed by atoms with Crippen LogP contribution in [0.1, 0.15) is 11.1 Å². The molecule has 2 rings (SSSR count). The van der Waals surface area contributed by atoms with Crippen LogP contribution < -0.4 is 5.73 Å². The first-order valence-corrected chi connectivity index (χ1v) is 6.50. The Morgan fingerprint density at radius 2 is 2.20 bits per heavy atom. The Balaban J connectivity index is 2.28. The van der Waals surface area contributed by atoms with Gasteiger partial charge in [-0.1, -0.05) is 35.5 Å². The third-order valence-electron chi connectivity index (χ3n) is 2.14. The first-order valence-electron chi connectivity index (χ1n) is 4.80. The molecule has 3 heteroatoms. The zero-order chi connectivity index (χ0) is 10.7. The van der Waals surface area contributed by atoms with Crippen molar-refractivity contribution in [1.82, 2.24) is 0 Å². The maximum atomic E-state index is 5.74. The Morgan fingerprint density at radius 3 is 2.87 bits per heavy atom. The molecule has 2 N–H and O–H groups in total. The molecule has 1 nitrogen and oxygen atoms in total. The van der Waals surface area contributed by atoms with Gasteiger partial charge < -0.3 is 5.73 Å². The summed E-state index contributed by atoms with van der Waals surface area (Å²) in [4.78, 5) is 1.27. The van der Waals surface area contributed by atoms with Crippen molar-refractivity contribution in [2.45, 2.75) is 22.6 Å². The molecule has 1 aromatic heterocycles.